The first-order chi connectivity index (χ1) is 26.0. The summed E-state index contributed by atoms with van der Waals surface area (Å²) in [5.41, 5.74) is 0. The van der Waals surface area contributed by atoms with Gasteiger partial charge in [0, 0.05) is 6.42 Å². The predicted molar refractivity (Wildman–Crippen MR) is 228 cm³/mol. The van der Waals surface area contributed by atoms with Crippen molar-refractivity contribution < 1.29 is 32.9 Å². The summed E-state index contributed by atoms with van der Waals surface area (Å²) in [6, 6.07) is -0.904. The van der Waals surface area contributed by atoms with Crippen LogP contribution < -0.4 is 10.2 Å². The second kappa shape index (κ2) is 37.1. The number of allylic oxidation sites excluding steroid dienone is 7. The van der Waals surface area contributed by atoms with Crippen molar-refractivity contribution in [3.63, 3.8) is 0 Å². The molecule has 0 heterocycles. The Hall–Kier alpha value is -1.54. The molecule has 0 aromatic carbocycles. The molecule has 0 radical (unpaired) electrons. The van der Waals surface area contributed by atoms with E-state index in [1.165, 1.54) is 116 Å². The zero-order valence-corrected chi connectivity index (χ0v) is 36.6. The van der Waals surface area contributed by atoms with E-state index in [1.807, 2.05) is 27.2 Å². The summed E-state index contributed by atoms with van der Waals surface area (Å²) in [5.74, 6) is -0.215. The molecule has 0 aliphatic heterocycles. The first-order valence-corrected chi connectivity index (χ1v) is 23.5. The van der Waals surface area contributed by atoms with Crippen molar-refractivity contribution >= 4 is 13.7 Å². The maximum Gasteiger partial charge on any atom is 0.268 e. The predicted octanol–water partition coefficient (Wildman–Crippen LogP) is 11.4. The lowest BCUT2D eigenvalue weighted by atomic mass is 10.1. The van der Waals surface area contributed by atoms with Crippen molar-refractivity contribution in [2.24, 2.45) is 0 Å². The molecule has 0 aliphatic rings. The molecule has 1 amide bonds. The highest BCUT2D eigenvalue weighted by atomic mass is 31.2. The maximum absolute atomic E-state index is 12.8. The fraction of sp³-hybridized carbons (Fsp3) is 0.800. The lowest BCUT2D eigenvalue weighted by Gasteiger charge is -2.29. The number of hydrogen-bond acceptors (Lipinski definition) is 6. The van der Waals surface area contributed by atoms with Crippen molar-refractivity contribution in [3.05, 3.63) is 48.6 Å². The number of carbonyl (C=O) groups excluding carboxylic acids is 1. The Kier molecular flexibility index (Phi) is 36.0. The SMILES string of the molecule is CCCCCCC/C=C\C/C=C\CCCCCCCCCCCC(=O)NC(COP(=O)([O-])OCC[N+](C)(C)C)C(O)/C=C/CC/C=C/CCCCCCC. The molecular weight excluding hydrogens is 695 g/mol. The van der Waals surface area contributed by atoms with Crippen LogP contribution in [-0.2, 0) is 18.4 Å². The molecule has 0 aromatic rings. The summed E-state index contributed by atoms with van der Waals surface area (Å²) >= 11 is 0. The Morgan fingerprint density at radius 2 is 1.09 bits per heavy atom. The zero-order chi connectivity index (χ0) is 40.0. The minimum atomic E-state index is -4.59. The molecule has 8 nitrogen and oxygen atoms in total. The van der Waals surface area contributed by atoms with E-state index in [1.54, 1.807) is 6.08 Å². The van der Waals surface area contributed by atoms with E-state index in [0.717, 1.165) is 44.9 Å². The third-order valence-corrected chi connectivity index (χ3v) is 10.5. The molecular formula is C45H85N2O6P. The second-order valence-corrected chi connectivity index (χ2v) is 17.4. The molecule has 0 aliphatic carbocycles. The topological polar surface area (TPSA) is 108 Å². The molecule has 0 fully saturated rings. The van der Waals surface area contributed by atoms with Gasteiger partial charge in [-0.3, -0.25) is 9.36 Å². The van der Waals surface area contributed by atoms with Crippen molar-refractivity contribution in [2.75, 3.05) is 40.9 Å². The molecule has 0 rings (SSSR count). The number of phosphoric acid groups is 1. The zero-order valence-electron chi connectivity index (χ0n) is 35.7. The van der Waals surface area contributed by atoms with Crippen LogP contribution in [0, 0.1) is 0 Å². The number of nitrogens with one attached hydrogen (secondary N) is 1. The third kappa shape index (κ3) is 38.7. The number of amides is 1. The summed E-state index contributed by atoms with van der Waals surface area (Å²) < 4.78 is 23.1. The summed E-state index contributed by atoms with van der Waals surface area (Å²) in [5, 5.41) is 13.7. The number of aliphatic hydroxyl groups is 1. The summed E-state index contributed by atoms with van der Waals surface area (Å²) in [4.78, 5) is 25.2. The summed E-state index contributed by atoms with van der Waals surface area (Å²) in [6.07, 6.45) is 45.9. The van der Waals surface area contributed by atoms with Crippen LogP contribution in [-0.4, -0.2) is 68.5 Å². The van der Waals surface area contributed by atoms with E-state index in [0.29, 0.717) is 17.4 Å². The van der Waals surface area contributed by atoms with Gasteiger partial charge in [0.15, 0.2) is 0 Å². The van der Waals surface area contributed by atoms with E-state index in [9.17, 15) is 19.4 Å². The van der Waals surface area contributed by atoms with Crippen molar-refractivity contribution in [2.45, 2.75) is 193 Å². The first-order valence-electron chi connectivity index (χ1n) is 22.0. The van der Waals surface area contributed by atoms with Crippen molar-refractivity contribution in [1.29, 1.82) is 0 Å². The lowest BCUT2D eigenvalue weighted by molar-refractivity contribution is -0.870. The van der Waals surface area contributed by atoms with Crippen LogP contribution in [0.1, 0.15) is 181 Å². The van der Waals surface area contributed by atoms with Gasteiger partial charge in [0.25, 0.3) is 7.82 Å². The van der Waals surface area contributed by atoms with E-state index < -0.39 is 26.6 Å². The summed E-state index contributed by atoms with van der Waals surface area (Å²) in [6.45, 7) is 4.57. The number of nitrogens with zero attached hydrogens (tertiary/aromatic N) is 1. The number of phosphoric ester groups is 1. The number of rotatable bonds is 39. The van der Waals surface area contributed by atoms with Crippen LogP contribution in [0.3, 0.4) is 0 Å². The van der Waals surface area contributed by atoms with Crippen LogP contribution in [0.15, 0.2) is 48.6 Å². The molecule has 0 spiro atoms. The first kappa shape index (κ1) is 52.5. The number of aliphatic hydroxyl groups excluding tert-OH is 1. The Labute approximate surface area is 333 Å². The van der Waals surface area contributed by atoms with E-state index in [2.05, 4.69) is 55.6 Å². The minimum Gasteiger partial charge on any atom is -0.756 e. The molecule has 316 valence electrons. The van der Waals surface area contributed by atoms with Gasteiger partial charge in [0.05, 0.1) is 39.9 Å². The number of carbonyl (C=O) groups is 1. The second-order valence-electron chi connectivity index (χ2n) is 16.0. The normalized spacial score (nSPS) is 14.9. The van der Waals surface area contributed by atoms with Crippen LogP contribution in [0.5, 0.6) is 0 Å². The van der Waals surface area contributed by atoms with E-state index in [-0.39, 0.29) is 12.5 Å². The van der Waals surface area contributed by atoms with Gasteiger partial charge in [-0.2, -0.15) is 0 Å². The molecule has 0 saturated carbocycles. The van der Waals surface area contributed by atoms with Crippen LogP contribution in [0.2, 0.25) is 0 Å². The number of hydrogen-bond donors (Lipinski definition) is 2. The smallest absolute Gasteiger partial charge is 0.268 e. The number of quaternary nitrogens is 1. The van der Waals surface area contributed by atoms with E-state index >= 15 is 0 Å². The van der Waals surface area contributed by atoms with Crippen molar-refractivity contribution in [3.8, 4) is 0 Å². The van der Waals surface area contributed by atoms with Gasteiger partial charge in [-0.05, 0) is 64.2 Å². The fourth-order valence-electron chi connectivity index (χ4n) is 5.96. The average Bonchev–Trinajstić information content (AvgIpc) is 3.12. The van der Waals surface area contributed by atoms with Crippen LogP contribution >= 0.6 is 7.82 Å². The van der Waals surface area contributed by atoms with Crippen LogP contribution in [0.4, 0.5) is 0 Å². The molecule has 0 aromatic heterocycles. The van der Waals surface area contributed by atoms with Crippen LogP contribution in [0.25, 0.3) is 0 Å². The van der Waals surface area contributed by atoms with Gasteiger partial charge in [-0.25, -0.2) is 0 Å². The molecule has 54 heavy (non-hydrogen) atoms. The highest BCUT2D eigenvalue weighted by Gasteiger charge is 2.23. The fourth-order valence-corrected chi connectivity index (χ4v) is 6.68. The maximum atomic E-state index is 12.8. The van der Waals surface area contributed by atoms with E-state index in [4.69, 9.17) is 9.05 Å². The van der Waals surface area contributed by atoms with Gasteiger partial charge in [-0.15, -0.1) is 0 Å². The van der Waals surface area contributed by atoms with Gasteiger partial charge < -0.3 is 28.8 Å². The minimum absolute atomic E-state index is 0.00867. The van der Waals surface area contributed by atoms with Gasteiger partial charge >= 0.3 is 0 Å². The number of likely N-dealkylation sites (N-methyl/N-ethyl adjacent to an activating group) is 1. The average molecular weight is 781 g/mol. The highest BCUT2D eigenvalue weighted by molar-refractivity contribution is 7.45. The Bertz CT molecular complexity index is 1020. The Morgan fingerprint density at radius 3 is 1.61 bits per heavy atom. The largest absolute Gasteiger partial charge is 0.756 e. The molecule has 2 N–H and O–H groups in total. The molecule has 9 heteroatoms. The quantitative estimate of drug-likeness (QED) is 0.0278. The van der Waals surface area contributed by atoms with Gasteiger partial charge in [0.1, 0.15) is 13.2 Å². The lowest BCUT2D eigenvalue weighted by Crippen LogP contribution is -2.45. The van der Waals surface area contributed by atoms with Gasteiger partial charge in [0.2, 0.25) is 5.91 Å². The third-order valence-electron chi connectivity index (χ3n) is 9.51. The monoisotopic (exact) mass is 781 g/mol. The summed E-state index contributed by atoms with van der Waals surface area (Å²) in [7, 11) is 1.23. The van der Waals surface area contributed by atoms with Crippen molar-refractivity contribution in [1.82, 2.24) is 5.32 Å². The van der Waals surface area contributed by atoms with Gasteiger partial charge in [-0.1, -0.05) is 159 Å². The molecule has 0 bridgehead atoms. The number of unbranched alkanes of at least 4 members (excludes halogenated alkanes) is 20. The highest BCUT2D eigenvalue weighted by Crippen LogP contribution is 2.38. The molecule has 3 unspecified atom stereocenters. The molecule has 3 atom stereocenters. The Balaban J connectivity index is 4.37. The Morgan fingerprint density at radius 1 is 0.648 bits per heavy atom. The standard InChI is InChI=1S/C45H85N2O6P/c1-6-8-10-12-14-16-18-19-20-21-22-23-24-25-26-27-29-31-33-35-37-39-45(49)46-43(42-53-54(50,51)52-41-40-47(3,4)5)44(48)38-36-34-32-30-28-17-15-13-11-9-7-2/h18-19,21-22,28,30,36,38,43-44,48H,6-17,20,23-27,29,31-35,37,39-42H2,1-5H3,(H-,46,49,50,51)/b19-18-,22-21-,30-28+,38-36+. The molecule has 0 saturated heterocycles.